The number of rotatable bonds is 4. The fraction of sp³-hybridized carbons (Fsp3) is 0.471. The molecule has 3 nitrogen and oxygen atoms in total. The molecule has 3 rings (SSSR count). The summed E-state index contributed by atoms with van der Waals surface area (Å²) in [5, 5.41) is 3.61. The van der Waals surface area contributed by atoms with Crippen LogP contribution in [-0.2, 0) is 25.6 Å². The number of fused-ring (bicyclic) bond motifs is 1. The maximum absolute atomic E-state index is 14.0. The van der Waals surface area contributed by atoms with E-state index in [1.807, 2.05) is 11.5 Å². The lowest BCUT2D eigenvalue weighted by Gasteiger charge is -2.27. The monoisotopic (exact) mass is 393 g/mol. The van der Waals surface area contributed by atoms with Crippen LogP contribution in [0.2, 0.25) is 5.15 Å². The highest BCUT2D eigenvalue weighted by Gasteiger charge is 2.35. The van der Waals surface area contributed by atoms with Crippen LogP contribution in [0.15, 0.2) is 12.1 Å². The predicted molar refractivity (Wildman–Crippen MR) is 87.0 cm³/mol. The van der Waals surface area contributed by atoms with E-state index in [1.54, 1.807) is 0 Å². The summed E-state index contributed by atoms with van der Waals surface area (Å²) in [6.45, 7) is 3.34. The lowest BCUT2D eigenvalue weighted by Crippen LogP contribution is -2.34. The Balaban J connectivity index is 1.81. The molecule has 0 amide bonds. The Bertz CT molecular complexity index is 816. The van der Waals surface area contributed by atoms with Crippen LogP contribution < -0.4 is 5.32 Å². The van der Waals surface area contributed by atoms with Crippen molar-refractivity contribution in [2.45, 2.75) is 44.9 Å². The Kier molecular flexibility index (Phi) is 5.25. The molecule has 1 aliphatic rings. The van der Waals surface area contributed by atoms with Gasteiger partial charge in [0.2, 0.25) is 0 Å². The molecule has 1 atom stereocenters. The van der Waals surface area contributed by atoms with Crippen molar-refractivity contribution in [2.75, 3.05) is 6.54 Å². The molecule has 0 spiro atoms. The van der Waals surface area contributed by atoms with Crippen molar-refractivity contribution in [3.8, 4) is 0 Å². The number of aryl methyl sites for hydroxylation is 2. The third-order valence-electron chi connectivity index (χ3n) is 4.56. The van der Waals surface area contributed by atoms with Crippen molar-refractivity contribution < 1.29 is 22.0 Å². The first kappa shape index (κ1) is 19.1. The molecule has 0 aliphatic carbocycles. The minimum Gasteiger partial charge on any atom is -0.328 e. The number of halogens is 6. The van der Waals surface area contributed by atoms with E-state index in [1.165, 1.54) is 0 Å². The number of nitrogens with one attached hydrogen (secondary N) is 1. The predicted octanol–water partition coefficient (Wildman–Crippen LogP) is 4.67. The highest BCUT2D eigenvalue weighted by molar-refractivity contribution is 6.30. The van der Waals surface area contributed by atoms with Gasteiger partial charge in [-0.1, -0.05) is 18.5 Å². The highest BCUT2D eigenvalue weighted by atomic mass is 35.5. The summed E-state index contributed by atoms with van der Waals surface area (Å²) in [4.78, 5) is 4.32. The summed E-state index contributed by atoms with van der Waals surface area (Å²) in [7, 11) is 0. The molecule has 1 N–H and O–H groups in total. The Labute approximate surface area is 152 Å². The zero-order valence-corrected chi connectivity index (χ0v) is 14.7. The summed E-state index contributed by atoms with van der Waals surface area (Å²) in [6.07, 6.45) is -3.78. The summed E-state index contributed by atoms with van der Waals surface area (Å²) in [5.41, 5.74) is -0.911. The van der Waals surface area contributed by atoms with E-state index in [9.17, 15) is 22.0 Å². The fourth-order valence-corrected chi connectivity index (χ4v) is 3.65. The molecule has 2 heterocycles. The molecule has 0 saturated carbocycles. The number of aromatic nitrogens is 2. The Morgan fingerprint density at radius 2 is 2.00 bits per heavy atom. The van der Waals surface area contributed by atoms with Crippen molar-refractivity contribution in [3.05, 3.63) is 51.6 Å². The smallest absolute Gasteiger partial charge is 0.328 e. The number of hydrogen-bond donors (Lipinski definition) is 1. The van der Waals surface area contributed by atoms with Crippen molar-refractivity contribution in [1.82, 2.24) is 14.9 Å². The molecule has 0 fully saturated rings. The quantitative estimate of drug-likeness (QED) is 0.765. The Hall–Kier alpha value is -1.67. The number of benzene rings is 1. The molecule has 0 bridgehead atoms. The third kappa shape index (κ3) is 3.57. The van der Waals surface area contributed by atoms with Crippen LogP contribution in [0.1, 0.15) is 42.0 Å². The summed E-state index contributed by atoms with van der Waals surface area (Å²) < 4.78 is 67.7. The van der Waals surface area contributed by atoms with Crippen molar-refractivity contribution in [1.29, 1.82) is 0 Å². The van der Waals surface area contributed by atoms with Crippen LogP contribution in [-0.4, -0.2) is 16.1 Å². The van der Waals surface area contributed by atoms with E-state index in [-0.39, 0.29) is 24.1 Å². The fourth-order valence-electron chi connectivity index (χ4n) is 3.32. The van der Waals surface area contributed by atoms with Gasteiger partial charge < -0.3 is 9.88 Å². The van der Waals surface area contributed by atoms with Gasteiger partial charge in [0.05, 0.1) is 17.3 Å². The van der Waals surface area contributed by atoms with Crippen LogP contribution in [0.25, 0.3) is 0 Å². The molecule has 1 aliphatic heterocycles. The Morgan fingerprint density at radius 3 is 2.65 bits per heavy atom. The van der Waals surface area contributed by atoms with Crippen LogP contribution in [0.4, 0.5) is 22.0 Å². The van der Waals surface area contributed by atoms with E-state index in [2.05, 4.69) is 10.3 Å². The average molecular weight is 394 g/mol. The SMILES string of the molecule is CCc1nc(Cl)c2n1CCNC2CCc1cc(F)c(C(F)(F)F)cc1F. The van der Waals surface area contributed by atoms with Gasteiger partial charge in [-0.05, 0) is 30.5 Å². The summed E-state index contributed by atoms with van der Waals surface area (Å²) in [6, 6.07) is 0.608. The Morgan fingerprint density at radius 1 is 1.27 bits per heavy atom. The summed E-state index contributed by atoms with van der Waals surface area (Å²) in [5.74, 6) is -1.69. The second kappa shape index (κ2) is 7.15. The molecular formula is C17H17ClF5N3. The van der Waals surface area contributed by atoms with E-state index < -0.39 is 23.4 Å². The standard InChI is InChI=1S/C17H17ClF5N3/c1-2-14-25-16(18)15-13(24-5-6-26(14)15)4-3-9-7-12(20)10(8-11(9)19)17(21,22)23/h7-8,13,24H,2-6H2,1H3. The number of nitrogens with zero attached hydrogens (tertiary/aromatic N) is 2. The molecule has 1 aromatic carbocycles. The summed E-state index contributed by atoms with van der Waals surface area (Å²) >= 11 is 6.21. The zero-order valence-electron chi connectivity index (χ0n) is 13.9. The molecule has 26 heavy (non-hydrogen) atoms. The van der Waals surface area contributed by atoms with Crippen LogP contribution in [0.5, 0.6) is 0 Å². The van der Waals surface area contributed by atoms with Gasteiger partial charge in [-0.25, -0.2) is 13.8 Å². The van der Waals surface area contributed by atoms with E-state index >= 15 is 0 Å². The molecule has 0 radical (unpaired) electrons. The minimum absolute atomic E-state index is 0.0710. The molecule has 1 aromatic heterocycles. The molecule has 2 aromatic rings. The third-order valence-corrected chi connectivity index (χ3v) is 4.84. The number of alkyl halides is 3. The largest absolute Gasteiger partial charge is 0.419 e. The van der Waals surface area contributed by atoms with Gasteiger partial charge in [0.15, 0.2) is 5.15 Å². The molecule has 142 valence electrons. The van der Waals surface area contributed by atoms with Crippen LogP contribution >= 0.6 is 11.6 Å². The van der Waals surface area contributed by atoms with Gasteiger partial charge in [-0.15, -0.1) is 0 Å². The lowest BCUT2D eigenvalue weighted by molar-refractivity contribution is -0.140. The van der Waals surface area contributed by atoms with E-state index in [0.29, 0.717) is 37.2 Å². The average Bonchev–Trinajstić information content (AvgIpc) is 2.91. The van der Waals surface area contributed by atoms with E-state index in [4.69, 9.17) is 11.6 Å². The van der Waals surface area contributed by atoms with Gasteiger partial charge in [0.1, 0.15) is 17.5 Å². The first-order chi connectivity index (χ1) is 12.2. The van der Waals surface area contributed by atoms with Crippen LogP contribution in [0, 0.1) is 11.6 Å². The van der Waals surface area contributed by atoms with Crippen molar-refractivity contribution >= 4 is 11.6 Å². The van der Waals surface area contributed by atoms with Crippen molar-refractivity contribution in [3.63, 3.8) is 0 Å². The van der Waals surface area contributed by atoms with Gasteiger partial charge in [0.25, 0.3) is 0 Å². The highest BCUT2D eigenvalue weighted by Crippen LogP contribution is 2.34. The maximum atomic E-state index is 14.0. The van der Waals surface area contributed by atoms with Gasteiger partial charge in [-0.2, -0.15) is 13.2 Å². The molecule has 0 saturated heterocycles. The second-order valence-corrected chi connectivity index (χ2v) is 6.53. The van der Waals surface area contributed by atoms with Gasteiger partial charge in [0, 0.05) is 19.5 Å². The van der Waals surface area contributed by atoms with Gasteiger partial charge in [-0.3, -0.25) is 0 Å². The first-order valence-corrected chi connectivity index (χ1v) is 8.63. The van der Waals surface area contributed by atoms with E-state index in [0.717, 1.165) is 11.5 Å². The topological polar surface area (TPSA) is 29.9 Å². The lowest BCUT2D eigenvalue weighted by atomic mass is 10.00. The minimum atomic E-state index is -4.93. The van der Waals surface area contributed by atoms with Crippen molar-refractivity contribution in [2.24, 2.45) is 0 Å². The molecule has 9 heteroatoms. The number of imidazole rings is 1. The normalized spacial score (nSPS) is 17.4. The zero-order chi connectivity index (χ0) is 19.1. The molecule has 1 unspecified atom stereocenters. The first-order valence-electron chi connectivity index (χ1n) is 8.25. The maximum Gasteiger partial charge on any atom is 0.419 e. The second-order valence-electron chi connectivity index (χ2n) is 6.18. The van der Waals surface area contributed by atoms with Gasteiger partial charge >= 0.3 is 6.18 Å². The van der Waals surface area contributed by atoms with Crippen LogP contribution in [0.3, 0.4) is 0 Å². The molecular weight excluding hydrogens is 377 g/mol. The number of hydrogen-bond acceptors (Lipinski definition) is 2.